The zero-order chi connectivity index (χ0) is 15.0. The monoisotopic (exact) mass is 279 g/mol. The van der Waals surface area contributed by atoms with Crippen LogP contribution >= 0.6 is 0 Å². The van der Waals surface area contributed by atoms with Gasteiger partial charge >= 0.3 is 0 Å². The Morgan fingerprint density at radius 1 is 1.14 bits per heavy atom. The number of nitriles is 1. The summed E-state index contributed by atoms with van der Waals surface area (Å²) in [6.45, 7) is 0. The molecule has 0 atom stereocenters. The average molecular weight is 279 g/mol. The van der Waals surface area contributed by atoms with E-state index in [1.54, 1.807) is 24.3 Å². The van der Waals surface area contributed by atoms with Crippen molar-refractivity contribution in [3.05, 3.63) is 65.5 Å². The topological polar surface area (TPSA) is 71.8 Å². The van der Waals surface area contributed by atoms with Gasteiger partial charge in [0.25, 0.3) is 5.91 Å². The molecule has 0 saturated carbocycles. The molecule has 0 bridgehead atoms. The van der Waals surface area contributed by atoms with Crippen molar-refractivity contribution in [1.29, 1.82) is 5.26 Å². The highest BCUT2D eigenvalue weighted by Crippen LogP contribution is 2.28. The number of aromatic nitrogens is 1. The summed E-state index contributed by atoms with van der Waals surface area (Å²) < 4.78 is 14.2. The van der Waals surface area contributed by atoms with Gasteiger partial charge in [-0.15, -0.1) is 0 Å². The number of benzene rings is 2. The summed E-state index contributed by atoms with van der Waals surface area (Å²) in [4.78, 5) is 12.6. The van der Waals surface area contributed by atoms with Gasteiger partial charge in [-0.3, -0.25) is 9.36 Å². The molecule has 102 valence electrons. The van der Waals surface area contributed by atoms with Gasteiger partial charge in [0.05, 0.1) is 5.52 Å². The number of carbonyl (C=O) groups excluding carboxylic acids is 1. The molecule has 0 spiro atoms. The molecule has 3 rings (SSSR count). The largest absolute Gasteiger partial charge is 0.384 e. The first-order valence-electron chi connectivity index (χ1n) is 6.22. The van der Waals surface area contributed by atoms with Crippen molar-refractivity contribution in [3.63, 3.8) is 0 Å². The number of nitrogens with zero attached hydrogens (tertiary/aromatic N) is 2. The maximum Gasteiger partial charge on any atom is 0.264 e. The second-order valence-corrected chi connectivity index (χ2v) is 4.54. The molecule has 4 nitrogen and oxygen atoms in total. The first-order chi connectivity index (χ1) is 10.1. The van der Waals surface area contributed by atoms with E-state index >= 15 is 0 Å². The van der Waals surface area contributed by atoms with Crippen LogP contribution in [0.25, 0.3) is 10.9 Å². The van der Waals surface area contributed by atoms with Crippen molar-refractivity contribution in [3.8, 4) is 6.07 Å². The second kappa shape index (κ2) is 4.76. The number of nitrogen functional groups attached to an aromatic ring is 1. The average Bonchev–Trinajstić information content (AvgIpc) is 2.78. The van der Waals surface area contributed by atoms with Crippen LogP contribution in [0.15, 0.2) is 48.5 Å². The molecule has 5 heteroatoms. The molecule has 0 saturated heterocycles. The molecule has 0 aliphatic carbocycles. The number of carbonyl (C=O) groups is 1. The highest BCUT2D eigenvalue weighted by molar-refractivity contribution is 6.07. The molecule has 2 aromatic carbocycles. The van der Waals surface area contributed by atoms with Gasteiger partial charge in [0.15, 0.2) is 0 Å². The van der Waals surface area contributed by atoms with Gasteiger partial charge in [-0.2, -0.15) is 5.26 Å². The predicted octanol–water partition coefficient (Wildman–Crippen LogP) is 2.92. The molecule has 1 heterocycles. The van der Waals surface area contributed by atoms with E-state index in [-0.39, 0.29) is 11.4 Å². The third kappa shape index (κ3) is 1.94. The number of halogens is 1. The van der Waals surface area contributed by atoms with E-state index < -0.39 is 11.7 Å². The summed E-state index contributed by atoms with van der Waals surface area (Å²) in [6.07, 6.45) is 0. The number of hydrogen-bond donors (Lipinski definition) is 1. The van der Waals surface area contributed by atoms with Gasteiger partial charge in [0.2, 0.25) is 0 Å². The molecule has 0 amide bonds. The molecule has 21 heavy (non-hydrogen) atoms. The van der Waals surface area contributed by atoms with Crippen molar-refractivity contribution in [2.24, 2.45) is 0 Å². The molecule has 0 aliphatic heterocycles. The number of hydrogen-bond acceptors (Lipinski definition) is 3. The Kier molecular flexibility index (Phi) is 2.92. The standard InChI is InChI=1S/C16H10FN3O/c17-11-7-5-10(6-8-11)16(21)20-14-4-2-1-3-12(14)13(9-18)15(20)19/h1-8H,19H2. The van der Waals surface area contributed by atoms with Gasteiger partial charge in [-0.25, -0.2) is 4.39 Å². The summed E-state index contributed by atoms with van der Waals surface area (Å²) in [5.41, 5.74) is 7.06. The fraction of sp³-hybridized carbons (Fsp3) is 0. The molecule has 0 radical (unpaired) electrons. The van der Waals surface area contributed by atoms with Crippen LogP contribution in [0.5, 0.6) is 0 Å². The van der Waals surface area contributed by atoms with Gasteiger partial charge in [-0.1, -0.05) is 18.2 Å². The fourth-order valence-corrected chi connectivity index (χ4v) is 2.32. The lowest BCUT2D eigenvalue weighted by atomic mass is 10.2. The Morgan fingerprint density at radius 3 is 2.48 bits per heavy atom. The maximum absolute atomic E-state index is 13.0. The van der Waals surface area contributed by atoms with E-state index in [2.05, 4.69) is 0 Å². The molecule has 2 N–H and O–H groups in total. The maximum atomic E-state index is 13.0. The molecule has 0 fully saturated rings. The lowest BCUT2D eigenvalue weighted by molar-refractivity contribution is 0.0967. The highest BCUT2D eigenvalue weighted by atomic mass is 19.1. The summed E-state index contributed by atoms with van der Waals surface area (Å²) in [7, 11) is 0. The first-order valence-corrected chi connectivity index (χ1v) is 6.22. The SMILES string of the molecule is N#Cc1c(N)n(C(=O)c2ccc(F)cc2)c2ccccc12. The molecule has 0 unspecified atom stereocenters. The quantitative estimate of drug-likeness (QED) is 0.744. The lowest BCUT2D eigenvalue weighted by Crippen LogP contribution is -2.14. The number of para-hydroxylation sites is 1. The first kappa shape index (κ1) is 12.9. The van der Waals surface area contributed by atoms with Crippen molar-refractivity contribution in [2.45, 2.75) is 0 Å². The minimum Gasteiger partial charge on any atom is -0.384 e. The van der Waals surface area contributed by atoms with Gasteiger partial charge in [-0.05, 0) is 30.3 Å². The third-order valence-corrected chi connectivity index (χ3v) is 3.32. The summed E-state index contributed by atoms with van der Waals surface area (Å²) in [5, 5.41) is 9.83. The van der Waals surface area contributed by atoms with E-state index in [1.807, 2.05) is 6.07 Å². The Bertz CT molecular complexity index is 888. The molecule has 0 aliphatic rings. The third-order valence-electron chi connectivity index (χ3n) is 3.32. The number of fused-ring (bicyclic) bond motifs is 1. The van der Waals surface area contributed by atoms with E-state index in [0.29, 0.717) is 16.5 Å². The fourth-order valence-electron chi connectivity index (χ4n) is 2.32. The molecule has 3 aromatic rings. The normalized spacial score (nSPS) is 10.5. The lowest BCUT2D eigenvalue weighted by Gasteiger charge is -2.06. The van der Waals surface area contributed by atoms with E-state index in [4.69, 9.17) is 5.73 Å². The van der Waals surface area contributed by atoms with Crippen LogP contribution in [0.1, 0.15) is 15.9 Å². The van der Waals surface area contributed by atoms with Crippen molar-refractivity contribution in [2.75, 3.05) is 5.73 Å². The van der Waals surface area contributed by atoms with Crippen molar-refractivity contribution >= 4 is 22.6 Å². The molecular weight excluding hydrogens is 269 g/mol. The minimum atomic E-state index is -0.422. The van der Waals surface area contributed by atoms with Gasteiger partial charge in [0.1, 0.15) is 23.3 Å². The van der Waals surface area contributed by atoms with Crippen LogP contribution in [0.4, 0.5) is 10.2 Å². The highest BCUT2D eigenvalue weighted by Gasteiger charge is 2.20. The van der Waals surface area contributed by atoms with E-state index in [9.17, 15) is 14.4 Å². The van der Waals surface area contributed by atoms with Crippen LogP contribution < -0.4 is 5.73 Å². The van der Waals surface area contributed by atoms with Crippen LogP contribution in [-0.4, -0.2) is 10.5 Å². The minimum absolute atomic E-state index is 0.0908. The number of anilines is 1. The van der Waals surface area contributed by atoms with Gasteiger partial charge in [0, 0.05) is 10.9 Å². The smallest absolute Gasteiger partial charge is 0.264 e. The Hall–Kier alpha value is -3.13. The van der Waals surface area contributed by atoms with Crippen LogP contribution in [0.2, 0.25) is 0 Å². The predicted molar refractivity (Wildman–Crippen MR) is 77.2 cm³/mol. The number of rotatable bonds is 1. The Labute approximate surface area is 119 Å². The summed E-state index contributed by atoms with van der Waals surface area (Å²) in [5.74, 6) is -0.729. The van der Waals surface area contributed by atoms with Crippen molar-refractivity contribution < 1.29 is 9.18 Å². The Balaban J connectivity index is 2.25. The van der Waals surface area contributed by atoms with Gasteiger partial charge < -0.3 is 5.73 Å². The second-order valence-electron chi connectivity index (χ2n) is 4.54. The summed E-state index contributed by atoms with van der Waals surface area (Å²) in [6, 6.07) is 14.2. The van der Waals surface area contributed by atoms with Crippen molar-refractivity contribution in [1.82, 2.24) is 4.57 Å². The van der Waals surface area contributed by atoms with E-state index in [0.717, 1.165) is 0 Å². The zero-order valence-electron chi connectivity index (χ0n) is 10.9. The zero-order valence-corrected chi connectivity index (χ0v) is 10.9. The van der Waals surface area contributed by atoms with Crippen LogP contribution in [0.3, 0.4) is 0 Å². The van der Waals surface area contributed by atoms with E-state index in [1.165, 1.54) is 28.8 Å². The van der Waals surface area contributed by atoms with Crippen LogP contribution in [-0.2, 0) is 0 Å². The summed E-state index contributed by atoms with van der Waals surface area (Å²) >= 11 is 0. The van der Waals surface area contributed by atoms with Crippen LogP contribution in [0, 0.1) is 17.1 Å². The Morgan fingerprint density at radius 2 is 1.81 bits per heavy atom. The number of nitrogens with two attached hydrogens (primary N) is 1. The molecule has 1 aromatic heterocycles. The molecular formula is C16H10FN3O.